The predicted octanol–water partition coefficient (Wildman–Crippen LogP) is 2.90. The highest BCUT2D eigenvalue weighted by atomic mass is 16.2. The first-order valence-electron chi connectivity index (χ1n) is 9.17. The summed E-state index contributed by atoms with van der Waals surface area (Å²) in [5.41, 5.74) is 0.469. The molecule has 0 atom stereocenters. The average molecular weight is 302 g/mol. The van der Waals surface area contributed by atoms with E-state index < -0.39 is 0 Å². The highest BCUT2D eigenvalue weighted by Gasteiger charge is 2.39. The number of amides is 1. The summed E-state index contributed by atoms with van der Waals surface area (Å²) in [7, 11) is 0. The SMILES string of the molecule is C#CCN1CCC(C(=O)N2CCCC3(CCCCC3)C2)CC1. The minimum Gasteiger partial charge on any atom is -0.342 e. The molecule has 122 valence electrons. The van der Waals surface area contributed by atoms with E-state index >= 15 is 0 Å². The molecule has 2 saturated heterocycles. The second kappa shape index (κ2) is 7.04. The van der Waals surface area contributed by atoms with Crippen molar-refractivity contribution in [2.45, 2.75) is 57.8 Å². The Balaban J connectivity index is 1.55. The molecule has 0 radical (unpaired) electrons. The van der Waals surface area contributed by atoms with Crippen LogP contribution in [0.1, 0.15) is 57.8 Å². The number of hydrogen-bond donors (Lipinski definition) is 0. The van der Waals surface area contributed by atoms with Crippen LogP contribution < -0.4 is 0 Å². The number of carbonyl (C=O) groups excluding carboxylic acids is 1. The van der Waals surface area contributed by atoms with Gasteiger partial charge in [0.2, 0.25) is 5.91 Å². The molecule has 1 saturated carbocycles. The summed E-state index contributed by atoms with van der Waals surface area (Å²) in [4.78, 5) is 17.4. The summed E-state index contributed by atoms with van der Waals surface area (Å²) in [6, 6.07) is 0. The Hall–Kier alpha value is -1.01. The minimum absolute atomic E-state index is 0.243. The Kier molecular flexibility index (Phi) is 5.08. The quantitative estimate of drug-likeness (QED) is 0.732. The maximum Gasteiger partial charge on any atom is 0.225 e. The lowest BCUT2D eigenvalue weighted by Gasteiger charge is -2.46. The van der Waals surface area contributed by atoms with E-state index in [0.29, 0.717) is 11.3 Å². The summed E-state index contributed by atoms with van der Waals surface area (Å²) >= 11 is 0. The van der Waals surface area contributed by atoms with Crippen molar-refractivity contribution in [3.8, 4) is 12.3 Å². The Morgan fingerprint density at radius 1 is 1.05 bits per heavy atom. The van der Waals surface area contributed by atoms with Gasteiger partial charge in [-0.25, -0.2) is 0 Å². The van der Waals surface area contributed by atoms with Crippen LogP contribution in [0.5, 0.6) is 0 Å². The number of rotatable bonds is 2. The zero-order chi connectivity index (χ0) is 15.4. The Bertz CT molecular complexity index is 420. The smallest absolute Gasteiger partial charge is 0.225 e. The average Bonchev–Trinajstić information content (AvgIpc) is 2.56. The third-order valence-electron chi connectivity index (χ3n) is 6.14. The highest BCUT2D eigenvalue weighted by molar-refractivity contribution is 5.79. The number of nitrogens with zero attached hydrogens (tertiary/aromatic N) is 2. The zero-order valence-corrected chi connectivity index (χ0v) is 13.9. The van der Waals surface area contributed by atoms with Gasteiger partial charge in [-0.15, -0.1) is 6.42 Å². The van der Waals surface area contributed by atoms with Crippen LogP contribution in [0.3, 0.4) is 0 Å². The van der Waals surface area contributed by atoms with Gasteiger partial charge in [0.05, 0.1) is 6.54 Å². The Labute approximate surface area is 135 Å². The molecule has 0 unspecified atom stereocenters. The van der Waals surface area contributed by atoms with Crippen LogP contribution >= 0.6 is 0 Å². The van der Waals surface area contributed by atoms with Crippen molar-refractivity contribution in [3.63, 3.8) is 0 Å². The Morgan fingerprint density at radius 3 is 2.41 bits per heavy atom. The summed E-state index contributed by atoms with van der Waals surface area (Å²) in [5, 5.41) is 0. The van der Waals surface area contributed by atoms with E-state index in [1.807, 2.05) is 0 Å². The fourth-order valence-electron chi connectivity index (χ4n) is 4.83. The maximum atomic E-state index is 12.9. The molecular formula is C19H30N2O. The van der Waals surface area contributed by atoms with Gasteiger partial charge in [0.1, 0.15) is 0 Å². The van der Waals surface area contributed by atoms with E-state index in [9.17, 15) is 4.79 Å². The van der Waals surface area contributed by atoms with Gasteiger partial charge in [-0.2, -0.15) is 0 Å². The molecule has 3 fully saturated rings. The number of likely N-dealkylation sites (tertiary alicyclic amines) is 2. The number of piperidine rings is 2. The summed E-state index contributed by atoms with van der Waals surface area (Å²) in [5.74, 6) is 3.39. The van der Waals surface area contributed by atoms with Crippen molar-refractivity contribution in [1.29, 1.82) is 0 Å². The summed E-state index contributed by atoms with van der Waals surface area (Å²) in [6.07, 6.45) is 16.7. The zero-order valence-electron chi connectivity index (χ0n) is 13.9. The van der Waals surface area contributed by atoms with E-state index in [0.717, 1.165) is 45.6 Å². The number of hydrogen-bond acceptors (Lipinski definition) is 2. The monoisotopic (exact) mass is 302 g/mol. The van der Waals surface area contributed by atoms with Gasteiger partial charge in [-0.05, 0) is 57.0 Å². The minimum atomic E-state index is 0.243. The molecule has 1 spiro atoms. The fraction of sp³-hybridized carbons (Fsp3) is 0.842. The van der Waals surface area contributed by atoms with Crippen LogP contribution in [-0.4, -0.2) is 48.4 Å². The molecule has 3 aliphatic rings. The first-order valence-corrected chi connectivity index (χ1v) is 9.17. The molecule has 3 nitrogen and oxygen atoms in total. The van der Waals surface area contributed by atoms with Gasteiger partial charge in [0, 0.05) is 19.0 Å². The van der Waals surface area contributed by atoms with Crippen LogP contribution in [0.2, 0.25) is 0 Å². The van der Waals surface area contributed by atoms with Crippen molar-refractivity contribution in [2.24, 2.45) is 11.3 Å². The van der Waals surface area contributed by atoms with E-state index in [1.165, 1.54) is 44.9 Å². The lowest BCUT2D eigenvalue weighted by molar-refractivity contribution is -0.141. The topological polar surface area (TPSA) is 23.6 Å². The molecular weight excluding hydrogens is 272 g/mol. The van der Waals surface area contributed by atoms with Crippen LogP contribution in [0.4, 0.5) is 0 Å². The van der Waals surface area contributed by atoms with Gasteiger partial charge in [-0.1, -0.05) is 25.2 Å². The normalized spacial score (nSPS) is 26.8. The molecule has 2 aliphatic heterocycles. The van der Waals surface area contributed by atoms with Crippen molar-refractivity contribution in [3.05, 3.63) is 0 Å². The lowest BCUT2D eigenvalue weighted by atomic mass is 9.69. The lowest BCUT2D eigenvalue weighted by Crippen LogP contribution is -2.50. The second-order valence-corrected chi connectivity index (χ2v) is 7.68. The highest BCUT2D eigenvalue weighted by Crippen LogP contribution is 2.43. The first kappa shape index (κ1) is 15.9. The van der Waals surface area contributed by atoms with Crippen LogP contribution in [0, 0.1) is 23.7 Å². The molecule has 0 aromatic carbocycles. The molecule has 0 aromatic rings. The molecule has 1 amide bonds. The van der Waals surface area contributed by atoms with Gasteiger partial charge < -0.3 is 4.90 Å². The summed E-state index contributed by atoms with van der Waals surface area (Å²) < 4.78 is 0. The van der Waals surface area contributed by atoms with E-state index in [2.05, 4.69) is 15.7 Å². The van der Waals surface area contributed by atoms with Gasteiger partial charge in [0.15, 0.2) is 0 Å². The maximum absolute atomic E-state index is 12.9. The van der Waals surface area contributed by atoms with Crippen molar-refractivity contribution >= 4 is 5.91 Å². The molecule has 3 heteroatoms. The largest absolute Gasteiger partial charge is 0.342 e. The predicted molar refractivity (Wildman–Crippen MR) is 89.3 cm³/mol. The third-order valence-corrected chi connectivity index (χ3v) is 6.14. The standard InChI is InChI=1S/C19H30N2O/c1-2-12-20-14-7-17(8-15-20)18(22)21-13-6-11-19(16-21)9-4-3-5-10-19/h1,17H,3-16H2. The van der Waals surface area contributed by atoms with Crippen molar-refractivity contribution in [2.75, 3.05) is 32.7 Å². The fourth-order valence-corrected chi connectivity index (χ4v) is 4.83. The number of carbonyl (C=O) groups is 1. The van der Waals surface area contributed by atoms with Crippen LogP contribution in [0.15, 0.2) is 0 Å². The molecule has 0 N–H and O–H groups in total. The molecule has 22 heavy (non-hydrogen) atoms. The third kappa shape index (κ3) is 3.49. The summed E-state index contributed by atoms with van der Waals surface area (Å²) in [6.45, 7) is 4.73. The van der Waals surface area contributed by atoms with Crippen molar-refractivity contribution < 1.29 is 4.79 Å². The molecule has 0 aromatic heterocycles. The van der Waals surface area contributed by atoms with Gasteiger partial charge in [0.25, 0.3) is 0 Å². The van der Waals surface area contributed by atoms with Crippen LogP contribution in [-0.2, 0) is 4.79 Å². The molecule has 3 rings (SSSR count). The number of terminal acetylenes is 1. The van der Waals surface area contributed by atoms with Gasteiger partial charge in [-0.3, -0.25) is 9.69 Å². The van der Waals surface area contributed by atoms with E-state index in [-0.39, 0.29) is 5.92 Å². The molecule has 1 aliphatic carbocycles. The van der Waals surface area contributed by atoms with E-state index in [4.69, 9.17) is 6.42 Å². The molecule has 0 bridgehead atoms. The second-order valence-electron chi connectivity index (χ2n) is 7.68. The van der Waals surface area contributed by atoms with E-state index in [1.54, 1.807) is 0 Å². The molecule has 2 heterocycles. The van der Waals surface area contributed by atoms with Crippen LogP contribution in [0.25, 0.3) is 0 Å². The Morgan fingerprint density at radius 2 is 1.73 bits per heavy atom. The van der Waals surface area contributed by atoms with Crippen molar-refractivity contribution in [1.82, 2.24) is 9.80 Å². The van der Waals surface area contributed by atoms with Gasteiger partial charge >= 0.3 is 0 Å². The first-order chi connectivity index (χ1) is 10.7.